The second-order valence-corrected chi connectivity index (χ2v) is 3.72. The fraction of sp³-hybridized carbons (Fsp3) is 0.545. The summed E-state index contributed by atoms with van der Waals surface area (Å²) in [6.07, 6.45) is 3.84. The highest BCUT2D eigenvalue weighted by Crippen LogP contribution is 2.27. The van der Waals surface area contributed by atoms with E-state index in [1.807, 2.05) is 0 Å². The van der Waals surface area contributed by atoms with Gasteiger partial charge in [0.1, 0.15) is 0 Å². The van der Waals surface area contributed by atoms with Gasteiger partial charge < -0.3 is 0 Å². The molecule has 0 aromatic carbocycles. The number of aryl methyl sites for hydroxylation is 2. The van der Waals surface area contributed by atoms with Crippen molar-refractivity contribution in [3.63, 3.8) is 0 Å². The zero-order valence-corrected chi connectivity index (χ0v) is 8.07. The number of nitrogens with zero attached hydrogens (tertiary/aromatic N) is 1. The first kappa shape index (κ1) is 7.78. The maximum absolute atomic E-state index is 4.54. The van der Waals surface area contributed by atoms with E-state index < -0.39 is 0 Å². The number of pyridine rings is 1. The summed E-state index contributed by atoms with van der Waals surface area (Å²) < 4.78 is 0. The maximum Gasteiger partial charge on any atom is 0.0410 e. The van der Waals surface area contributed by atoms with Crippen LogP contribution < -0.4 is 0 Å². The van der Waals surface area contributed by atoms with Gasteiger partial charge in [-0.3, -0.25) is 4.98 Å². The molecule has 1 aliphatic carbocycles. The fourth-order valence-corrected chi connectivity index (χ4v) is 2.18. The summed E-state index contributed by atoms with van der Waals surface area (Å²) in [5.74, 6) is 0. The van der Waals surface area contributed by atoms with E-state index in [1.165, 1.54) is 41.8 Å². The number of hydrogen-bond donors (Lipinski definition) is 0. The Labute approximate surface area is 73.8 Å². The van der Waals surface area contributed by atoms with Gasteiger partial charge in [-0.25, -0.2) is 0 Å². The van der Waals surface area contributed by atoms with Crippen LogP contribution in [0.15, 0.2) is 0 Å². The van der Waals surface area contributed by atoms with Crippen molar-refractivity contribution in [2.24, 2.45) is 0 Å². The monoisotopic (exact) mass is 161 g/mol. The molecular formula is C11H15N. The Morgan fingerprint density at radius 1 is 0.917 bits per heavy atom. The third-order valence-electron chi connectivity index (χ3n) is 2.99. The van der Waals surface area contributed by atoms with Gasteiger partial charge in [0.2, 0.25) is 0 Å². The van der Waals surface area contributed by atoms with Gasteiger partial charge in [0.25, 0.3) is 0 Å². The molecule has 0 saturated carbocycles. The Morgan fingerprint density at radius 3 is 2.33 bits per heavy atom. The molecule has 0 amide bonds. The smallest absolute Gasteiger partial charge is 0.0410 e. The molecule has 0 fully saturated rings. The maximum atomic E-state index is 4.54. The molecule has 0 N–H and O–H groups in total. The van der Waals surface area contributed by atoms with Crippen LogP contribution in [0.2, 0.25) is 0 Å². The van der Waals surface area contributed by atoms with Gasteiger partial charge in [-0.1, -0.05) is 0 Å². The van der Waals surface area contributed by atoms with E-state index in [0.29, 0.717) is 0 Å². The molecule has 1 heteroatoms. The van der Waals surface area contributed by atoms with E-state index in [0.717, 1.165) is 0 Å². The lowest BCUT2D eigenvalue weighted by atomic mass is 10.0. The lowest BCUT2D eigenvalue weighted by Crippen LogP contribution is -1.99. The van der Waals surface area contributed by atoms with Crippen LogP contribution in [-0.2, 0) is 12.8 Å². The summed E-state index contributed by atoms with van der Waals surface area (Å²) in [6, 6.07) is 0. The minimum absolute atomic E-state index is 1.22. The highest BCUT2D eigenvalue weighted by atomic mass is 14.7. The normalized spacial score (nSPS) is 14.9. The minimum atomic E-state index is 1.22. The summed E-state index contributed by atoms with van der Waals surface area (Å²) in [5.41, 5.74) is 7.00. The molecule has 0 spiro atoms. The van der Waals surface area contributed by atoms with E-state index in [4.69, 9.17) is 0 Å². The van der Waals surface area contributed by atoms with Crippen molar-refractivity contribution >= 4 is 0 Å². The highest BCUT2D eigenvalue weighted by Gasteiger charge is 2.17. The Kier molecular flexibility index (Phi) is 1.67. The van der Waals surface area contributed by atoms with Crippen molar-refractivity contribution in [2.45, 2.75) is 40.0 Å². The van der Waals surface area contributed by atoms with E-state index in [-0.39, 0.29) is 0 Å². The summed E-state index contributed by atoms with van der Waals surface area (Å²) in [7, 11) is 0. The summed E-state index contributed by atoms with van der Waals surface area (Å²) >= 11 is 0. The molecule has 1 heterocycles. The second kappa shape index (κ2) is 2.58. The van der Waals surface area contributed by atoms with E-state index >= 15 is 0 Å². The molecule has 1 aliphatic rings. The third kappa shape index (κ3) is 0.961. The average Bonchev–Trinajstić information content (AvgIpc) is 2.48. The molecule has 0 atom stereocenters. The first-order valence-electron chi connectivity index (χ1n) is 4.65. The SMILES string of the molecule is Cc1nc(C)c2c(c1C)CCC2. The Balaban J connectivity index is 2.69. The summed E-state index contributed by atoms with van der Waals surface area (Å²) in [5, 5.41) is 0. The molecule has 1 aromatic heterocycles. The molecular weight excluding hydrogens is 146 g/mol. The Hall–Kier alpha value is -0.850. The van der Waals surface area contributed by atoms with Gasteiger partial charge in [-0.2, -0.15) is 0 Å². The molecule has 1 nitrogen and oxygen atoms in total. The molecule has 64 valence electrons. The van der Waals surface area contributed by atoms with Crippen LogP contribution in [0.3, 0.4) is 0 Å². The van der Waals surface area contributed by atoms with Gasteiger partial charge in [-0.15, -0.1) is 0 Å². The van der Waals surface area contributed by atoms with Crippen LogP contribution in [0, 0.1) is 20.8 Å². The molecule has 0 bridgehead atoms. The van der Waals surface area contributed by atoms with Gasteiger partial charge in [-0.05, 0) is 56.7 Å². The van der Waals surface area contributed by atoms with Gasteiger partial charge in [0.05, 0.1) is 0 Å². The molecule has 2 rings (SSSR count). The van der Waals surface area contributed by atoms with Crippen LogP contribution in [0.1, 0.15) is 34.5 Å². The van der Waals surface area contributed by atoms with Crippen molar-refractivity contribution in [3.8, 4) is 0 Å². The minimum Gasteiger partial charge on any atom is -0.258 e. The van der Waals surface area contributed by atoms with Gasteiger partial charge >= 0.3 is 0 Å². The van der Waals surface area contributed by atoms with Crippen molar-refractivity contribution < 1.29 is 0 Å². The number of rotatable bonds is 0. The summed E-state index contributed by atoms with van der Waals surface area (Å²) in [4.78, 5) is 4.54. The highest BCUT2D eigenvalue weighted by molar-refractivity contribution is 5.41. The van der Waals surface area contributed by atoms with E-state index in [1.54, 1.807) is 5.56 Å². The van der Waals surface area contributed by atoms with Crippen LogP contribution in [0.4, 0.5) is 0 Å². The van der Waals surface area contributed by atoms with Gasteiger partial charge in [0, 0.05) is 11.4 Å². The van der Waals surface area contributed by atoms with Crippen molar-refractivity contribution in [2.75, 3.05) is 0 Å². The van der Waals surface area contributed by atoms with Crippen LogP contribution >= 0.6 is 0 Å². The van der Waals surface area contributed by atoms with Crippen LogP contribution in [0.5, 0.6) is 0 Å². The van der Waals surface area contributed by atoms with Crippen molar-refractivity contribution in [1.82, 2.24) is 4.98 Å². The van der Waals surface area contributed by atoms with E-state index in [9.17, 15) is 0 Å². The molecule has 0 aliphatic heterocycles. The third-order valence-corrected chi connectivity index (χ3v) is 2.99. The predicted octanol–water partition coefficient (Wildman–Crippen LogP) is 2.50. The fourth-order valence-electron chi connectivity index (χ4n) is 2.18. The Bertz CT molecular complexity index is 326. The second-order valence-electron chi connectivity index (χ2n) is 3.72. The topological polar surface area (TPSA) is 12.9 Å². The van der Waals surface area contributed by atoms with Crippen LogP contribution in [-0.4, -0.2) is 4.98 Å². The number of aromatic nitrogens is 1. The predicted molar refractivity (Wildman–Crippen MR) is 50.5 cm³/mol. The lowest BCUT2D eigenvalue weighted by molar-refractivity contribution is 0.906. The Morgan fingerprint density at radius 2 is 1.58 bits per heavy atom. The first-order chi connectivity index (χ1) is 5.70. The van der Waals surface area contributed by atoms with Crippen molar-refractivity contribution in [1.29, 1.82) is 0 Å². The molecule has 12 heavy (non-hydrogen) atoms. The first-order valence-corrected chi connectivity index (χ1v) is 4.65. The standard InChI is InChI=1S/C11H15N/c1-7-8(2)12-9(3)11-6-4-5-10(7)11/h4-6H2,1-3H3. The largest absolute Gasteiger partial charge is 0.258 e. The number of fused-ring (bicyclic) bond motifs is 1. The van der Waals surface area contributed by atoms with E-state index in [2.05, 4.69) is 25.8 Å². The molecule has 0 unspecified atom stereocenters. The van der Waals surface area contributed by atoms with Crippen LogP contribution in [0.25, 0.3) is 0 Å². The van der Waals surface area contributed by atoms with Gasteiger partial charge in [0.15, 0.2) is 0 Å². The zero-order valence-electron chi connectivity index (χ0n) is 8.07. The lowest BCUT2D eigenvalue weighted by Gasteiger charge is -2.09. The molecule has 0 saturated heterocycles. The van der Waals surface area contributed by atoms with Crippen molar-refractivity contribution in [3.05, 3.63) is 28.1 Å². The summed E-state index contributed by atoms with van der Waals surface area (Å²) in [6.45, 7) is 6.45. The average molecular weight is 161 g/mol. The quantitative estimate of drug-likeness (QED) is 0.569. The zero-order chi connectivity index (χ0) is 8.72. The molecule has 0 radical (unpaired) electrons. The number of hydrogen-bond acceptors (Lipinski definition) is 1. The molecule has 1 aromatic rings.